The van der Waals surface area contributed by atoms with Crippen molar-refractivity contribution in [2.75, 3.05) is 19.6 Å². The van der Waals surface area contributed by atoms with Gasteiger partial charge in [-0.05, 0) is 44.5 Å². The van der Waals surface area contributed by atoms with Crippen molar-refractivity contribution in [2.45, 2.75) is 38.4 Å². The van der Waals surface area contributed by atoms with Crippen molar-refractivity contribution in [3.05, 3.63) is 35.4 Å². The van der Waals surface area contributed by atoms with Crippen LogP contribution in [0.4, 0.5) is 8.78 Å². The van der Waals surface area contributed by atoms with Crippen LogP contribution in [0.15, 0.2) is 18.2 Å². The summed E-state index contributed by atoms with van der Waals surface area (Å²) in [5, 5.41) is 0. The Morgan fingerprint density at radius 1 is 1.21 bits per heavy atom. The molecule has 0 aliphatic carbocycles. The maximum Gasteiger partial charge on any atom is 0.127 e. The molecule has 2 heterocycles. The van der Waals surface area contributed by atoms with Gasteiger partial charge in [-0.25, -0.2) is 8.78 Å². The zero-order valence-corrected chi connectivity index (χ0v) is 11.3. The van der Waals surface area contributed by atoms with Gasteiger partial charge >= 0.3 is 0 Å². The van der Waals surface area contributed by atoms with Crippen molar-refractivity contribution in [3.8, 4) is 0 Å². The molecule has 0 N–H and O–H groups in total. The van der Waals surface area contributed by atoms with Crippen molar-refractivity contribution in [1.29, 1.82) is 0 Å². The molecule has 2 atom stereocenters. The summed E-state index contributed by atoms with van der Waals surface area (Å²) in [7, 11) is 0. The minimum atomic E-state index is -0.358. The lowest BCUT2D eigenvalue weighted by Gasteiger charge is -2.43. The zero-order valence-electron chi connectivity index (χ0n) is 11.3. The van der Waals surface area contributed by atoms with E-state index in [2.05, 4.69) is 16.7 Å². The van der Waals surface area contributed by atoms with Gasteiger partial charge in [-0.3, -0.25) is 9.80 Å². The SMILES string of the molecule is C[C@H]1[C@H]2CCCN2CCN1Cc1cc(F)ccc1F. The molecule has 2 saturated heterocycles. The van der Waals surface area contributed by atoms with Crippen LogP contribution in [-0.4, -0.2) is 41.5 Å². The third-order valence-electron chi connectivity index (χ3n) is 4.60. The fraction of sp³-hybridized carbons (Fsp3) is 0.600. The Kier molecular flexibility index (Phi) is 3.54. The van der Waals surface area contributed by atoms with Gasteiger partial charge in [0.2, 0.25) is 0 Å². The van der Waals surface area contributed by atoms with Crippen molar-refractivity contribution in [3.63, 3.8) is 0 Å². The van der Waals surface area contributed by atoms with E-state index in [1.807, 2.05) is 0 Å². The predicted octanol–water partition coefficient (Wildman–Crippen LogP) is 2.63. The third kappa shape index (κ3) is 2.51. The fourth-order valence-corrected chi connectivity index (χ4v) is 3.49. The first-order valence-electron chi connectivity index (χ1n) is 7.07. The third-order valence-corrected chi connectivity index (χ3v) is 4.60. The van der Waals surface area contributed by atoms with Crippen LogP contribution in [0.25, 0.3) is 0 Å². The van der Waals surface area contributed by atoms with E-state index >= 15 is 0 Å². The van der Waals surface area contributed by atoms with Crippen LogP contribution in [0.3, 0.4) is 0 Å². The van der Waals surface area contributed by atoms with Crippen LogP contribution in [0.1, 0.15) is 25.3 Å². The summed E-state index contributed by atoms with van der Waals surface area (Å²) in [4.78, 5) is 4.81. The van der Waals surface area contributed by atoms with Crippen LogP contribution >= 0.6 is 0 Å². The summed E-state index contributed by atoms with van der Waals surface area (Å²) in [5.74, 6) is -0.661. The predicted molar refractivity (Wildman–Crippen MR) is 70.8 cm³/mol. The van der Waals surface area contributed by atoms with E-state index in [4.69, 9.17) is 0 Å². The molecule has 0 aromatic heterocycles. The highest BCUT2D eigenvalue weighted by Crippen LogP contribution is 2.28. The largest absolute Gasteiger partial charge is 0.298 e. The van der Waals surface area contributed by atoms with E-state index < -0.39 is 0 Å². The standard InChI is InChI=1S/C15H20F2N2/c1-11-15-3-2-6-18(15)7-8-19(11)10-12-9-13(16)4-5-14(12)17/h4-5,9,11,15H,2-3,6-8,10H2,1H3/t11-,15+/m0/s1. The molecule has 1 aromatic carbocycles. The number of fused-ring (bicyclic) bond motifs is 1. The second-order valence-electron chi connectivity index (χ2n) is 5.69. The van der Waals surface area contributed by atoms with Gasteiger partial charge in [0.1, 0.15) is 11.6 Å². The molecule has 19 heavy (non-hydrogen) atoms. The molecule has 0 saturated carbocycles. The normalized spacial score (nSPS) is 28.6. The smallest absolute Gasteiger partial charge is 0.127 e. The first-order valence-corrected chi connectivity index (χ1v) is 7.07. The lowest BCUT2D eigenvalue weighted by atomic mass is 10.0. The number of halogens is 2. The van der Waals surface area contributed by atoms with Crippen molar-refractivity contribution < 1.29 is 8.78 Å². The highest BCUT2D eigenvalue weighted by atomic mass is 19.1. The summed E-state index contributed by atoms with van der Waals surface area (Å²) < 4.78 is 26.9. The molecule has 2 aliphatic rings. The van der Waals surface area contributed by atoms with Crippen LogP contribution in [0.2, 0.25) is 0 Å². The number of piperazine rings is 1. The van der Waals surface area contributed by atoms with Crippen LogP contribution in [0.5, 0.6) is 0 Å². The van der Waals surface area contributed by atoms with E-state index in [0.717, 1.165) is 13.1 Å². The van der Waals surface area contributed by atoms with Gasteiger partial charge in [-0.2, -0.15) is 0 Å². The van der Waals surface area contributed by atoms with Gasteiger partial charge in [0.05, 0.1) is 0 Å². The highest BCUT2D eigenvalue weighted by molar-refractivity contribution is 5.19. The molecular weight excluding hydrogens is 246 g/mol. The van der Waals surface area contributed by atoms with Crippen molar-refractivity contribution >= 4 is 0 Å². The Bertz CT molecular complexity index is 463. The number of hydrogen-bond donors (Lipinski definition) is 0. The van der Waals surface area contributed by atoms with Gasteiger partial charge in [-0.1, -0.05) is 0 Å². The summed E-state index contributed by atoms with van der Waals surface area (Å²) in [6.07, 6.45) is 2.49. The summed E-state index contributed by atoms with van der Waals surface area (Å²) in [6.45, 7) is 5.89. The number of nitrogens with zero attached hydrogens (tertiary/aromatic N) is 2. The van der Waals surface area contributed by atoms with Gasteiger partial charge in [0.15, 0.2) is 0 Å². The summed E-state index contributed by atoms with van der Waals surface area (Å²) in [5.41, 5.74) is 0.471. The molecule has 1 aromatic rings. The molecule has 3 rings (SSSR count). The molecule has 2 nitrogen and oxygen atoms in total. The molecule has 0 unspecified atom stereocenters. The minimum Gasteiger partial charge on any atom is -0.298 e. The molecule has 0 bridgehead atoms. The highest BCUT2D eigenvalue weighted by Gasteiger charge is 2.36. The molecule has 4 heteroatoms. The lowest BCUT2D eigenvalue weighted by molar-refractivity contribution is 0.0463. The Morgan fingerprint density at radius 2 is 2.05 bits per heavy atom. The average molecular weight is 266 g/mol. The van der Waals surface area contributed by atoms with E-state index in [9.17, 15) is 8.78 Å². The van der Waals surface area contributed by atoms with Gasteiger partial charge in [0, 0.05) is 37.3 Å². The number of rotatable bonds is 2. The maximum absolute atomic E-state index is 13.7. The van der Waals surface area contributed by atoms with Crippen LogP contribution in [0, 0.1) is 11.6 Å². The molecule has 0 radical (unpaired) electrons. The summed E-state index contributed by atoms with van der Waals surface area (Å²) >= 11 is 0. The minimum absolute atomic E-state index is 0.303. The molecule has 0 spiro atoms. The van der Waals surface area contributed by atoms with Crippen molar-refractivity contribution in [1.82, 2.24) is 9.80 Å². The van der Waals surface area contributed by atoms with E-state index in [1.165, 1.54) is 37.6 Å². The van der Waals surface area contributed by atoms with E-state index in [-0.39, 0.29) is 11.6 Å². The van der Waals surface area contributed by atoms with Gasteiger partial charge in [-0.15, -0.1) is 0 Å². The van der Waals surface area contributed by atoms with Gasteiger partial charge < -0.3 is 0 Å². The number of hydrogen-bond acceptors (Lipinski definition) is 2. The lowest BCUT2D eigenvalue weighted by Crippen LogP contribution is -2.55. The fourth-order valence-electron chi connectivity index (χ4n) is 3.49. The molecule has 104 valence electrons. The number of benzene rings is 1. The summed E-state index contributed by atoms with van der Waals surface area (Å²) in [6, 6.07) is 4.73. The Hall–Kier alpha value is -1.00. The quantitative estimate of drug-likeness (QED) is 0.812. The topological polar surface area (TPSA) is 6.48 Å². The first-order chi connectivity index (χ1) is 9.15. The van der Waals surface area contributed by atoms with Gasteiger partial charge in [0.25, 0.3) is 0 Å². The molecule has 0 amide bonds. The maximum atomic E-state index is 13.7. The first kappa shape index (κ1) is 13.0. The second kappa shape index (κ2) is 5.17. The average Bonchev–Trinajstić information content (AvgIpc) is 2.86. The second-order valence-corrected chi connectivity index (χ2v) is 5.69. The van der Waals surface area contributed by atoms with Crippen molar-refractivity contribution in [2.24, 2.45) is 0 Å². The molecular formula is C15H20F2N2. The zero-order chi connectivity index (χ0) is 13.4. The Morgan fingerprint density at radius 3 is 2.89 bits per heavy atom. The molecule has 2 fully saturated rings. The van der Waals surface area contributed by atoms with E-state index in [1.54, 1.807) is 0 Å². The molecule has 2 aliphatic heterocycles. The van der Waals surface area contributed by atoms with E-state index in [0.29, 0.717) is 24.2 Å². The Labute approximate surface area is 113 Å². The monoisotopic (exact) mass is 266 g/mol. The van der Waals surface area contributed by atoms with Crippen LogP contribution in [-0.2, 0) is 6.54 Å². The van der Waals surface area contributed by atoms with Crippen LogP contribution < -0.4 is 0 Å². The Balaban J connectivity index is 1.74.